The van der Waals surface area contributed by atoms with Crippen molar-refractivity contribution in [2.75, 3.05) is 35.6 Å². The highest BCUT2D eigenvalue weighted by atomic mass is 32.2. The maximum atomic E-state index is 14.4. The molecule has 3 heterocycles. The van der Waals surface area contributed by atoms with Gasteiger partial charge in [0.1, 0.15) is 22.6 Å². The van der Waals surface area contributed by atoms with Crippen LogP contribution in [0.3, 0.4) is 0 Å². The van der Waals surface area contributed by atoms with Crippen molar-refractivity contribution in [2.45, 2.75) is 62.9 Å². The Hall–Kier alpha value is -2.27. The van der Waals surface area contributed by atoms with Crippen LogP contribution in [0.1, 0.15) is 51.8 Å². The van der Waals surface area contributed by atoms with E-state index in [9.17, 15) is 17.6 Å². The molecule has 0 spiro atoms. The number of piperidine rings is 1. The molecule has 1 atom stereocenters. The van der Waals surface area contributed by atoms with Gasteiger partial charge in [-0.05, 0) is 37.5 Å². The fraction of sp³-hybridized carbons (Fsp3) is 0.591. The first-order chi connectivity index (χ1) is 15.7. The highest BCUT2D eigenvalue weighted by Gasteiger charge is 2.37. The summed E-state index contributed by atoms with van der Waals surface area (Å²) in [6, 6.07) is 3.68. The van der Waals surface area contributed by atoms with Gasteiger partial charge in [-0.2, -0.15) is 4.37 Å². The first kappa shape index (κ1) is 23.9. The smallest absolute Gasteiger partial charge is 0.245 e. The van der Waals surface area contributed by atoms with Crippen molar-refractivity contribution < 1.29 is 17.6 Å². The molecule has 4 rings (SSSR count). The molecule has 1 aromatic carbocycles. The number of halogens is 1. The fourth-order valence-electron chi connectivity index (χ4n) is 4.36. The molecule has 0 unspecified atom stereocenters. The number of carbonyl (C=O) groups is 1. The van der Waals surface area contributed by atoms with Crippen LogP contribution in [0.25, 0.3) is 0 Å². The number of likely N-dealkylation sites (tertiary alicyclic amines) is 1. The van der Waals surface area contributed by atoms with Crippen molar-refractivity contribution in [3.8, 4) is 0 Å². The monoisotopic (exact) mass is 495 g/mol. The summed E-state index contributed by atoms with van der Waals surface area (Å²) in [7, 11) is -3.62. The number of rotatable bonds is 7. The van der Waals surface area contributed by atoms with Gasteiger partial charge in [-0.1, -0.05) is 20.8 Å². The minimum absolute atomic E-state index is 0.0112. The van der Waals surface area contributed by atoms with E-state index in [1.54, 1.807) is 0 Å². The number of hydrogen-bond acceptors (Lipinski definition) is 8. The van der Waals surface area contributed by atoms with Gasteiger partial charge < -0.3 is 15.1 Å². The molecule has 0 aliphatic carbocycles. The van der Waals surface area contributed by atoms with Crippen molar-refractivity contribution in [3.63, 3.8) is 0 Å². The van der Waals surface area contributed by atoms with E-state index < -0.39 is 21.7 Å². The highest BCUT2D eigenvalue weighted by molar-refractivity contribution is 7.91. The fourth-order valence-corrected chi connectivity index (χ4v) is 6.16. The van der Waals surface area contributed by atoms with Crippen LogP contribution in [0.2, 0.25) is 0 Å². The summed E-state index contributed by atoms with van der Waals surface area (Å²) in [6.45, 7) is 7.96. The standard InChI is InChI=1S/C22H30FN5O3S2/c1-4-33(30,31)19-6-5-15(13-17(19)23)24-18-9-12-28(21(18)29)16-7-10-27(11-8-16)22-25-20(14(2)3)26-32-22/h5-6,13-14,16,18,24H,4,7-12H2,1-3H3/t18-/m0/s1. The number of nitrogens with one attached hydrogen (secondary N) is 1. The average molecular weight is 496 g/mol. The second-order valence-corrected chi connectivity index (χ2v) is 11.9. The van der Waals surface area contributed by atoms with Gasteiger partial charge in [0.25, 0.3) is 0 Å². The highest BCUT2D eigenvalue weighted by Crippen LogP contribution is 2.29. The quantitative estimate of drug-likeness (QED) is 0.630. The van der Waals surface area contributed by atoms with Crippen molar-refractivity contribution in [3.05, 3.63) is 29.8 Å². The Labute approximate surface area is 198 Å². The normalized spacial score (nSPS) is 20.2. The number of hydrogen-bond donors (Lipinski definition) is 1. The van der Waals surface area contributed by atoms with Crippen molar-refractivity contribution in [1.29, 1.82) is 0 Å². The Morgan fingerprint density at radius 2 is 1.94 bits per heavy atom. The topological polar surface area (TPSA) is 95.5 Å². The van der Waals surface area contributed by atoms with Crippen LogP contribution in [0.15, 0.2) is 23.1 Å². The average Bonchev–Trinajstić information content (AvgIpc) is 3.42. The zero-order valence-corrected chi connectivity index (χ0v) is 20.8. The van der Waals surface area contributed by atoms with Crippen LogP contribution in [-0.4, -0.2) is 66.1 Å². The first-order valence-electron chi connectivity index (χ1n) is 11.4. The van der Waals surface area contributed by atoms with Gasteiger partial charge in [0.15, 0.2) is 9.84 Å². The molecular formula is C22H30FN5O3S2. The zero-order valence-electron chi connectivity index (χ0n) is 19.1. The second kappa shape index (κ2) is 9.54. The minimum atomic E-state index is -3.62. The predicted molar refractivity (Wildman–Crippen MR) is 127 cm³/mol. The van der Waals surface area contributed by atoms with E-state index >= 15 is 0 Å². The van der Waals surface area contributed by atoms with Crippen molar-refractivity contribution >= 4 is 38.1 Å². The molecule has 2 aliphatic rings. The Morgan fingerprint density at radius 1 is 1.21 bits per heavy atom. The number of amides is 1. The lowest BCUT2D eigenvalue weighted by Crippen LogP contribution is -2.47. The molecular weight excluding hydrogens is 465 g/mol. The predicted octanol–water partition coefficient (Wildman–Crippen LogP) is 3.28. The molecule has 0 bridgehead atoms. The number of aromatic nitrogens is 2. The van der Waals surface area contributed by atoms with Crippen LogP contribution in [0.5, 0.6) is 0 Å². The van der Waals surface area contributed by atoms with Crippen LogP contribution in [0, 0.1) is 5.82 Å². The van der Waals surface area contributed by atoms with Gasteiger partial charge in [0.05, 0.1) is 5.75 Å². The lowest BCUT2D eigenvalue weighted by atomic mass is 10.0. The molecule has 8 nitrogen and oxygen atoms in total. The zero-order chi connectivity index (χ0) is 23.8. The summed E-state index contributed by atoms with van der Waals surface area (Å²) in [4.78, 5) is 21.5. The van der Waals surface area contributed by atoms with E-state index in [0.717, 1.165) is 43.0 Å². The number of benzene rings is 1. The molecule has 0 saturated carbocycles. The lowest BCUT2D eigenvalue weighted by Gasteiger charge is -2.36. The summed E-state index contributed by atoms with van der Waals surface area (Å²) in [5, 5.41) is 4.04. The van der Waals surface area contributed by atoms with Gasteiger partial charge in [0.2, 0.25) is 11.0 Å². The molecule has 2 aromatic rings. The Balaban J connectivity index is 1.34. The number of carbonyl (C=O) groups excluding carboxylic acids is 1. The van der Waals surface area contributed by atoms with Crippen molar-refractivity contribution in [2.24, 2.45) is 0 Å². The SMILES string of the molecule is CCS(=O)(=O)c1ccc(N[C@H]2CCN(C3CCN(c4nc(C(C)C)ns4)CC3)C2=O)cc1F. The van der Waals surface area contributed by atoms with Crippen LogP contribution in [0.4, 0.5) is 15.2 Å². The number of anilines is 2. The molecule has 180 valence electrons. The van der Waals surface area contributed by atoms with Crippen LogP contribution in [-0.2, 0) is 14.6 Å². The van der Waals surface area contributed by atoms with E-state index in [2.05, 4.69) is 33.4 Å². The van der Waals surface area contributed by atoms with E-state index in [1.807, 2.05) is 4.90 Å². The number of sulfone groups is 1. The largest absolute Gasteiger partial charge is 0.374 e. The summed E-state index contributed by atoms with van der Waals surface area (Å²) in [5.41, 5.74) is 0.412. The molecule has 0 radical (unpaired) electrons. The van der Waals surface area contributed by atoms with Crippen LogP contribution >= 0.6 is 11.5 Å². The summed E-state index contributed by atoms with van der Waals surface area (Å²) in [5.74, 6) is 0.229. The summed E-state index contributed by atoms with van der Waals surface area (Å²) < 4.78 is 42.7. The summed E-state index contributed by atoms with van der Waals surface area (Å²) >= 11 is 1.43. The summed E-state index contributed by atoms with van der Waals surface area (Å²) in [6.07, 6.45) is 2.37. The third kappa shape index (κ3) is 4.98. The van der Waals surface area contributed by atoms with E-state index in [0.29, 0.717) is 24.6 Å². The molecule has 2 aliphatic heterocycles. The van der Waals surface area contributed by atoms with E-state index in [4.69, 9.17) is 0 Å². The van der Waals surface area contributed by atoms with E-state index in [-0.39, 0.29) is 22.6 Å². The van der Waals surface area contributed by atoms with Gasteiger partial charge in [-0.3, -0.25) is 4.79 Å². The molecule has 11 heteroatoms. The van der Waals surface area contributed by atoms with Crippen molar-refractivity contribution in [1.82, 2.24) is 14.3 Å². The molecule has 1 N–H and O–H groups in total. The minimum Gasteiger partial charge on any atom is -0.374 e. The molecule has 33 heavy (non-hydrogen) atoms. The van der Waals surface area contributed by atoms with Gasteiger partial charge >= 0.3 is 0 Å². The van der Waals surface area contributed by atoms with Gasteiger partial charge in [0, 0.05) is 48.8 Å². The number of nitrogens with zero attached hydrogens (tertiary/aromatic N) is 4. The maximum Gasteiger partial charge on any atom is 0.245 e. The van der Waals surface area contributed by atoms with Gasteiger partial charge in [-0.15, -0.1) is 0 Å². The third-order valence-electron chi connectivity index (χ3n) is 6.35. The first-order valence-corrected chi connectivity index (χ1v) is 13.8. The lowest BCUT2D eigenvalue weighted by molar-refractivity contribution is -0.130. The second-order valence-electron chi connectivity index (χ2n) is 8.87. The molecule has 2 saturated heterocycles. The van der Waals surface area contributed by atoms with Crippen LogP contribution < -0.4 is 10.2 Å². The maximum absolute atomic E-state index is 14.4. The Morgan fingerprint density at radius 3 is 2.55 bits per heavy atom. The Bertz CT molecular complexity index is 1110. The van der Waals surface area contributed by atoms with E-state index in [1.165, 1.54) is 30.6 Å². The third-order valence-corrected chi connectivity index (χ3v) is 8.90. The van der Waals surface area contributed by atoms with Gasteiger partial charge in [-0.25, -0.2) is 17.8 Å². The Kier molecular flexibility index (Phi) is 6.90. The molecule has 1 amide bonds. The molecule has 1 aromatic heterocycles. The molecule has 2 fully saturated rings.